The monoisotopic (exact) mass is 273 g/mol. The molecule has 2 rings (SSSR count). The summed E-state index contributed by atoms with van der Waals surface area (Å²) in [5.41, 5.74) is -0.459. The summed E-state index contributed by atoms with van der Waals surface area (Å²) in [5.74, 6) is -1.92. The molecule has 0 saturated carbocycles. The van der Waals surface area contributed by atoms with Crippen molar-refractivity contribution in [2.45, 2.75) is 20.3 Å². The zero-order chi connectivity index (χ0) is 14.9. The molecule has 0 N–H and O–H groups in total. The van der Waals surface area contributed by atoms with E-state index in [1.54, 1.807) is 26.0 Å². The number of carbonyl (C=O) groups excluding carboxylic acids is 3. The van der Waals surface area contributed by atoms with Crippen LogP contribution in [0.3, 0.4) is 0 Å². The first-order chi connectivity index (χ1) is 9.44. The smallest absolute Gasteiger partial charge is 0.329 e. The van der Waals surface area contributed by atoms with Gasteiger partial charge in [-0.1, -0.05) is 30.2 Å². The van der Waals surface area contributed by atoms with E-state index in [1.165, 1.54) is 18.2 Å². The molecule has 1 heterocycles. The molecule has 20 heavy (non-hydrogen) atoms. The minimum Gasteiger partial charge on any atom is -0.329 e. The molecule has 1 aromatic carbocycles. The zero-order valence-corrected chi connectivity index (χ0v) is 11.4. The van der Waals surface area contributed by atoms with Gasteiger partial charge in [0.25, 0.3) is 11.8 Å². The van der Waals surface area contributed by atoms with Crippen LogP contribution in [0, 0.1) is 5.41 Å². The number of carbonyl (C=O) groups is 3. The molecule has 0 fully saturated rings. The summed E-state index contributed by atoms with van der Waals surface area (Å²) in [6.45, 7) is 7.02. The first-order valence-electron chi connectivity index (χ1n) is 6.28. The second kappa shape index (κ2) is 4.92. The normalized spacial score (nSPS) is 16.6. The lowest BCUT2D eigenvalue weighted by Gasteiger charge is -2.23. The van der Waals surface area contributed by atoms with Crippen molar-refractivity contribution < 1.29 is 19.2 Å². The largest absolute Gasteiger partial charge is 0.342 e. The molecule has 1 aromatic rings. The van der Waals surface area contributed by atoms with Gasteiger partial charge in [-0.05, 0) is 25.5 Å². The van der Waals surface area contributed by atoms with E-state index in [9.17, 15) is 14.4 Å². The van der Waals surface area contributed by atoms with E-state index in [4.69, 9.17) is 4.84 Å². The van der Waals surface area contributed by atoms with Gasteiger partial charge in [-0.25, -0.2) is 4.79 Å². The fourth-order valence-corrected chi connectivity index (χ4v) is 1.81. The SMILES string of the molecule is C=CC(C)(CC)C(=O)ON1C(=O)c2ccccc2C1=O. The number of hydrogen-bond donors (Lipinski definition) is 0. The van der Waals surface area contributed by atoms with Crippen molar-refractivity contribution in [2.75, 3.05) is 0 Å². The molecule has 104 valence electrons. The summed E-state index contributed by atoms with van der Waals surface area (Å²) in [6, 6.07) is 6.34. The van der Waals surface area contributed by atoms with Gasteiger partial charge in [0.05, 0.1) is 16.5 Å². The Bertz CT molecular complexity index is 573. The molecule has 5 nitrogen and oxygen atoms in total. The number of benzene rings is 1. The predicted octanol–water partition coefficient (Wildman–Crippen LogP) is 2.34. The van der Waals surface area contributed by atoms with Crippen molar-refractivity contribution in [3.63, 3.8) is 0 Å². The molecule has 1 unspecified atom stereocenters. The third-order valence-electron chi connectivity index (χ3n) is 3.58. The van der Waals surface area contributed by atoms with Crippen LogP contribution in [-0.2, 0) is 9.63 Å². The van der Waals surface area contributed by atoms with Gasteiger partial charge in [-0.3, -0.25) is 9.59 Å². The Kier molecular flexibility index (Phi) is 3.44. The molecule has 0 saturated heterocycles. The van der Waals surface area contributed by atoms with Gasteiger partial charge in [0.2, 0.25) is 0 Å². The van der Waals surface area contributed by atoms with E-state index >= 15 is 0 Å². The van der Waals surface area contributed by atoms with Gasteiger partial charge in [0.1, 0.15) is 0 Å². The first kappa shape index (κ1) is 14.0. The van der Waals surface area contributed by atoms with Gasteiger partial charge in [0.15, 0.2) is 0 Å². The Labute approximate surface area is 116 Å². The Hall–Kier alpha value is -2.43. The van der Waals surface area contributed by atoms with Crippen molar-refractivity contribution in [2.24, 2.45) is 5.41 Å². The summed E-state index contributed by atoms with van der Waals surface area (Å²) < 4.78 is 0. The average molecular weight is 273 g/mol. The Balaban J connectivity index is 2.25. The van der Waals surface area contributed by atoms with Crippen LogP contribution in [-0.4, -0.2) is 22.8 Å². The summed E-state index contributed by atoms with van der Waals surface area (Å²) in [4.78, 5) is 41.2. The summed E-state index contributed by atoms with van der Waals surface area (Å²) >= 11 is 0. The third-order valence-corrected chi connectivity index (χ3v) is 3.58. The molecule has 0 aliphatic carbocycles. The van der Waals surface area contributed by atoms with E-state index < -0.39 is 23.2 Å². The van der Waals surface area contributed by atoms with Crippen LogP contribution in [0.4, 0.5) is 0 Å². The van der Waals surface area contributed by atoms with E-state index in [0.717, 1.165) is 0 Å². The van der Waals surface area contributed by atoms with Gasteiger partial charge in [0, 0.05) is 0 Å². The maximum atomic E-state index is 12.1. The number of hydrogen-bond acceptors (Lipinski definition) is 4. The molecule has 5 heteroatoms. The molecule has 0 bridgehead atoms. The third kappa shape index (κ3) is 2.01. The van der Waals surface area contributed by atoms with Gasteiger partial charge in [-0.15, -0.1) is 6.58 Å². The number of fused-ring (bicyclic) bond motifs is 1. The van der Waals surface area contributed by atoms with Crippen LogP contribution < -0.4 is 0 Å². The highest BCUT2D eigenvalue weighted by Crippen LogP contribution is 2.28. The van der Waals surface area contributed by atoms with Crippen molar-refractivity contribution >= 4 is 17.8 Å². The van der Waals surface area contributed by atoms with E-state index in [-0.39, 0.29) is 11.1 Å². The molecular formula is C15H15NO4. The molecule has 2 amide bonds. The van der Waals surface area contributed by atoms with Crippen molar-refractivity contribution in [1.82, 2.24) is 5.06 Å². The molecule has 0 spiro atoms. The van der Waals surface area contributed by atoms with E-state index in [0.29, 0.717) is 11.5 Å². The summed E-state index contributed by atoms with van der Waals surface area (Å²) in [7, 11) is 0. The molecular weight excluding hydrogens is 258 g/mol. The fraction of sp³-hybridized carbons (Fsp3) is 0.267. The molecule has 1 atom stereocenters. The molecule has 0 aromatic heterocycles. The summed E-state index contributed by atoms with van der Waals surface area (Å²) in [6.07, 6.45) is 1.91. The molecule has 1 aliphatic heterocycles. The lowest BCUT2D eigenvalue weighted by Crippen LogP contribution is -2.38. The number of hydroxylamine groups is 2. The highest BCUT2D eigenvalue weighted by atomic mass is 16.7. The number of nitrogens with zero attached hydrogens (tertiary/aromatic N) is 1. The maximum Gasteiger partial charge on any atom is 0.342 e. The number of amides is 2. The predicted molar refractivity (Wildman–Crippen MR) is 71.6 cm³/mol. The van der Waals surface area contributed by atoms with Gasteiger partial charge >= 0.3 is 5.97 Å². The number of rotatable bonds is 4. The Morgan fingerprint density at radius 2 is 1.80 bits per heavy atom. The highest BCUT2D eigenvalue weighted by Gasteiger charge is 2.41. The second-order valence-electron chi connectivity index (χ2n) is 4.80. The van der Waals surface area contributed by atoms with Crippen molar-refractivity contribution in [3.8, 4) is 0 Å². The molecule has 0 radical (unpaired) electrons. The van der Waals surface area contributed by atoms with Crippen LogP contribution in [0.2, 0.25) is 0 Å². The van der Waals surface area contributed by atoms with E-state index in [1.807, 2.05) is 0 Å². The van der Waals surface area contributed by atoms with Crippen LogP contribution >= 0.6 is 0 Å². The van der Waals surface area contributed by atoms with Gasteiger partial charge in [-0.2, -0.15) is 0 Å². The second-order valence-corrected chi connectivity index (χ2v) is 4.80. The summed E-state index contributed by atoms with van der Waals surface area (Å²) in [5, 5.41) is 0.518. The Morgan fingerprint density at radius 3 is 2.20 bits per heavy atom. The minimum absolute atomic E-state index is 0.238. The minimum atomic E-state index is -0.935. The fourth-order valence-electron chi connectivity index (χ4n) is 1.81. The van der Waals surface area contributed by atoms with Crippen LogP contribution in [0.1, 0.15) is 41.0 Å². The topological polar surface area (TPSA) is 63.7 Å². The number of imide groups is 1. The van der Waals surface area contributed by atoms with Crippen molar-refractivity contribution in [3.05, 3.63) is 48.0 Å². The first-order valence-corrected chi connectivity index (χ1v) is 6.28. The van der Waals surface area contributed by atoms with Crippen LogP contribution in [0.25, 0.3) is 0 Å². The highest BCUT2D eigenvalue weighted by molar-refractivity contribution is 6.20. The lowest BCUT2D eigenvalue weighted by molar-refractivity contribution is -0.177. The van der Waals surface area contributed by atoms with Gasteiger partial charge < -0.3 is 4.84 Å². The maximum absolute atomic E-state index is 12.1. The average Bonchev–Trinajstić information content (AvgIpc) is 2.72. The molecule has 1 aliphatic rings. The van der Waals surface area contributed by atoms with Crippen molar-refractivity contribution in [1.29, 1.82) is 0 Å². The standard InChI is InChI=1S/C15H15NO4/c1-4-15(3,5-2)14(19)20-16-12(17)10-8-6-7-9-11(10)13(16)18/h4,6-9H,1,5H2,2-3H3. The quantitative estimate of drug-likeness (QED) is 0.624. The lowest BCUT2D eigenvalue weighted by atomic mass is 9.88. The zero-order valence-electron chi connectivity index (χ0n) is 11.4. The van der Waals surface area contributed by atoms with E-state index in [2.05, 4.69) is 6.58 Å². The van der Waals surface area contributed by atoms with Crippen LogP contribution in [0.15, 0.2) is 36.9 Å². The van der Waals surface area contributed by atoms with Crippen LogP contribution in [0.5, 0.6) is 0 Å². The Morgan fingerprint density at radius 1 is 1.30 bits per heavy atom.